The van der Waals surface area contributed by atoms with Crippen molar-refractivity contribution in [1.82, 2.24) is 0 Å². The summed E-state index contributed by atoms with van der Waals surface area (Å²) >= 11 is 0. The van der Waals surface area contributed by atoms with Crippen LogP contribution >= 0.6 is 0 Å². The molecule has 0 amide bonds. The lowest BCUT2D eigenvalue weighted by atomic mass is 9.63. The van der Waals surface area contributed by atoms with Crippen molar-refractivity contribution in [2.45, 2.75) is 58.5 Å². The summed E-state index contributed by atoms with van der Waals surface area (Å²) in [5, 5.41) is 10.9. The van der Waals surface area contributed by atoms with Crippen LogP contribution in [-0.2, 0) is 6.42 Å². The van der Waals surface area contributed by atoms with E-state index in [2.05, 4.69) is 45.0 Å². The first-order chi connectivity index (χ1) is 7.93. The van der Waals surface area contributed by atoms with Gasteiger partial charge in [0.15, 0.2) is 0 Å². The van der Waals surface area contributed by atoms with E-state index in [0.29, 0.717) is 0 Å². The number of aryl methyl sites for hydroxylation is 1. The van der Waals surface area contributed by atoms with Crippen LogP contribution in [0.5, 0.6) is 0 Å². The molecule has 0 aliphatic heterocycles. The van der Waals surface area contributed by atoms with Crippen LogP contribution in [0, 0.1) is 12.3 Å². The molecule has 1 nitrogen and oxygen atoms in total. The van der Waals surface area contributed by atoms with Crippen molar-refractivity contribution >= 4 is 0 Å². The first-order valence-corrected chi connectivity index (χ1v) is 6.71. The van der Waals surface area contributed by atoms with E-state index in [-0.39, 0.29) is 5.41 Å². The summed E-state index contributed by atoms with van der Waals surface area (Å²) in [5.74, 6) is 0. The van der Waals surface area contributed by atoms with Gasteiger partial charge in [0.1, 0.15) is 0 Å². The Kier molecular flexibility index (Phi) is 3.31. The number of hydrogen-bond acceptors (Lipinski definition) is 1. The second kappa shape index (κ2) is 4.45. The molecule has 1 aromatic rings. The second-order valence-corrected chi connectivity index (χ2v) is 6.28. The highest BCUT2D eigenvalue weighted by Gasteiger charge is 2.44. The van der Waals surface area contributed by atoms with Crippen molar-refractivity contribution in [1.29, 1.82) is 0 Å². The maximum Gasteiger partial charge on any atom is 0.0738 e. The van der Waals surface area contributed by atoms with E-state index in [1.807, 2.05) is 0 Å². The van der Waals surface area contributed by atoms with Gasteiger partial charge in [0.25, 0.3) is 0 Å². The van der Waals surface area contributed by atoms with Crippen molar-refractivity contribution in [2.24, 2.45) is 5.41 Å². The molecule has 94 valence electrons. The van der Waals surface area contributed by atoms with Crippen LogP contribution in [0.3, 0.4) is 0 Å². The Bertz CT molecular complexity index is 377. The molecule has 17 heavy (non-hydrogen) atoms. The van der Waals surface area contributed by atoms with E-state index in [0.717, 1.165) is 25.7 Å². The van der Waals surface area contributed by atoms with Gasteiger partial charge < -0.3 is 5.11 Å². The molecule has 1 aliphatic rings. The zero-order valence-electron chi connectivity index (χ0n) is 11.3. The minimum Gasteiger partial charge on any atom is -0.389 e. The molecule has 0 saturated heterocycles. The van der Waals surface area contributed by atoms with Gasteiger partial charge in [0.2, 0.25) is 0 Å². The summed E-state index contributed by atoms with van der Waals surface area (Å²) in [5.41, 5.74) is 2.05. The second-order valence-electron chi connectivity index (χ2n) is 6.28. The number of aliphatic hydroxyl groups is 1. The molecule has 1 fully saturated rings. The predicted molar refractivity (Wildman–Crippen MR) is 72.1 cm³/mol. The van der Waals surface area contributed by atoms with E-state index in [9.17, 15) is 5.11 Å². The van der Waals surface area contributed by atoms with Crippen LogP contribution in [0.1, 0.15) is 50.7 Å². The quantitative estimate of drug-likeness (QED) is 0.820. The molecule has 1 N–H and O–H groups in total. The highest BCUT2D eigenvalue weighted by molar-refractivity contribution is 5.23. The van der Waals surface area contributed by atoms with Crippen molar-refractivity contribution in [3.8, 4) is 0 Å². The molecule has 1 aliphatic carbocycles. The van der Waals surface area contributed by atoms with Crippen LogP contribution < -0.4 is 0 Å². The van der Waals surface area contributed by atoms with E-state index in [1.165, 1.54) is 17.5 Å². The van der Waals surface area contributed by atoms with Gasteiger partial charge in [-0.25, -0.2) is 0 Å². The fourth-order valence-electron chi connectivity index (χ4n) is 2.93. The Morgan fingerprint density at radius 1 is 1.06 bits per heavy atom. The highest BCUT2D eigenvalue weighted by atomic mass is 16.3. The number of benzene rings is 1. The molecule has 0 bridgehead atoms. The van der Waals surface area contributed by atoms with E-state index in [1.54, 1.807) is 0 Å². The lowest BCUT2D eigenvalue weighted by molar-refractivity contribution is -0.0958. The molecule has 0 aromatic heterocycles. The lowest BCUT2D eigenvalue weighted by Crippen LogP contribution is -2.48. The summed E-state index contributed by atoms with van der Waals surface area (Å²) in [6, 6.07) is 8.57. The van der Waals surface area contributed by atoms with Gasteiger partial charge in [0.05, 0.1) is 5.60 Å². The Balaban J connectivity index is 2.18. The Hall–Kier alpha value is -0.820. The molecule has 1 saturated carbocycles. The van der Waals surface area contributed by atoms with E-state index >= 15 is 0 Å². The first kappa shape index (κ1) is 12.6. The molecule has 0 heterocycles. The predicted octanol–water partition coefficient (Wildman–Crippen LogP) is 3.87. The van der Waals surface area contributed by atoms with Crippen molar-refractivity contribution in [2.75, 3.05) is 0 Å². The Morgan fingerprint density at radius 2 is 1.65 bits per heavy atom. The Morgan fingerprint density at radius 3 is 2.24 bits per heavy atom. The summed E-state index contributed by atoms with van der Waals surface area (Å²) in [6.07, 6.45) is 5.28. The summed E-state index contributed by atoms with van der Waals surface area (Å²) < 4.78 is 0. The van der Waals surface area contributed by atoms with Gasteiger partial charge in [0, 0.05) is 6.42 Å². The van der Waals surface area contributed by atoms with Gasteiger partial charge in [-0.05, 0) is 30.7 Å². The maximum absolute atomic E-state index is 10.9. The monoisotopic (exact) mass is 232 g/mol. The van der Waals surface area contributed by atoms with Gasteiger partial charge in [-0.2, -0.15) is 0 Å². The van der Waals surface area contributed by atoms with Gasteiger partial charge in [-0.15, -0.1) is 0 Å². The summed E-state index contributed by atoms with van der Waals surface area (Å²) in [7, 11) is 0. The molecule has 0 spiro atoms. The van der Waals surface area contributed by atoms with Crippen molar-refractivity contribution < 1.29 is 5.11 Å². The van der Waals surface area contributed by atoms with Gasteiger partial charge in [-0.3, -0.25) is 0 Å². The number of rotatable bonds is 2. The third-order valence-corrected chi connectivity index (χ3v) is 4.52. The zero-order chi connectivity index (χ0) is 12.5. The van der Waals surface area contributed by atoms with Crippen LogP contribution in [0.2, 0.25) is 0 Å². The van der Waals surface area contributed by atoms with Crippen molar-refractivity contribution in [3.63, 3.8) is 0 Å². The van der Waals surface area contributed by atoms with Crippen LogP contribution in [0.25, 0.3) is 0 Å². The van der Waals surface area contributed by atoms with Crippen LogP contribution in [-0.4, -0.2) is 10.7 Å². The van der Waals surface area contributed by atoms with Gasteiger partial charge >= 0.3 is 0 Å². The van der Waals surface area contributed by atoms with Gasteiger partial charge in [-0.1, -0.05) is 56.5 Å². The smallest absolute Gasteiger partial charge is 0.0738 e. The third kappa shape index (κ3) is 2.55. The fourth-order valence-corrected chi connectivity index (χ4v) is 2.93. The average Bonchev–Trinajstić information content (AvgIpc) is 2.26. The standard InChI is InChI=1S/C16H24O/c1-13-6-8-14(9-7-13)12-16(17)11-5-4-10-15(16,2)3/h6-9,17H,4-5,10-12H2,1-3H3. The molecule has 1 heteroatoms. The maximum atomic E-state index is 10.9. The normalized spacial score (nSPS) is 28.0. The lowest BCUT2D eigenvalue weighted by Gasteiger charge is -2.46. The largest absolute Gasteiger partial charge is 0.389 e. The molecular weight excluding hydrogens is 208 g/mol. The van der Waals surface area contributed by atoms with E-state index in [4.69, 9.17) is 0 Å². The fraction of sp³-hybridized carbons (Fsp3) is 0.625. The van der Waals surface area contributed by atoms with Crippen LogP contribution in [0.15, 0.2) is 24.3 Å². The minimum absolute atomic E-state index is 0.0378. The number of hydrogen-bond donors (Lipinski definition) is 1. The minimum atomic E-state index is -0.527. The van der Waals surface area contributed by atoms with Crippen LogP contribution in [0.4, 0.5) is 0 Å². The Labute approximate surface area is 105 Å². The SMILES string of the molecule is Cc1ccc(CC2(O)CCCCC2(C)C)cc1. The molecule has 1 atom stereocenters. The summed E-state index contributed by atoms with van der Waals surface area (Å²) in [4.78, 5) is 0. The molecule has 1 unspecified atom stereocenters. The molecule has 0 radical (unpaired) electrons. The van der Waals surface area contributed by atoms with Crippen molar-refractivity contribution in [3.05, 3.63) is 35.4 Å². The topological polar surface area (TPSA) is 20.2 Å². The summed E-state index contributed by atoms with van der Waals surface area (Å²) in [6.45, 7) is 6.52. The molecule has 1 aromatic carbocycles. The van der Waals surface area contributed by atoms with E-state index < -0.39 is 5.60 Å². The average molecular weight is 232 g/mol. The molecule has 2 rings (SSSR count). The zero-order valence-corrected chi connectivity index (χ0v) is 11.3. The first-order valence-electron chi connectivity index (χ1n) is 6.71. The molecular formula is C16H24O. The highest BCUT2D eigenvalue weighted by Crippen LogP contribution is 2.45. The third-order valence-electron chi connectivity index (χ3n) is 4.52.